The van der Waals surface area contributed by atoms with E-state index in [4.69, 9.17) is 15.9 Å². The Balaban J connectivity index is 3.11. The van der Waals surface area contributed by atoms with Gasteiger partial charge >= 0.3 is 18.4 Å². The molecular formula is C10H9F3N2O4. The molecule has 104 valence electrons. The monoisotopic (exact) mass is 278 g/mol. The fourth-order valence-corrected chi connectivity index (χ4v) is 1.37. The van der Waals surface area contributed by atoms with Gasteiger partial charge in [0, 0.05) is 5.69 Å². The number of nitrogen functional groups attached to an aromatic ring is 1. The number of carbonyl (C=O) groups is 2. The lowest BCUT2D eigenvalue weighted by atomic mass is 10.1. The summed E-state index contributed by atoms with van der Waals surface area (Å²) in [5, 5.41) is 17.2. The lowest BCUT2D eigenvalue weighted by Gasteiger charge is -2.15. The number of hydrogen-bond acceptors (Lipinski definition) is 3. The second-order valence-electron chi connectivity index (χ2n) is 3.61. The summed E-state index contributed by atoms with van der Waals surface area (Å²) in [6.07, 6.45) is -8.23. The molecule has 0 aliphatic carbocycles. The molecule has 0 fully saturated rings. The number of imide groups is 1. The van der Waals surface area contributed by atoms with E-state index in [9.17, 15) is 22.8 Å². The Hall–Kier alpha value is -2.45. The zero-order chi connectivity index (χ0) is 14.8. The lowest BCUT2D eigenvalue weighted by Crippen LogP contribution is -2.33. The summed E-state index contributed by atoms with van der Waals surface area (Å²) in [5.74, 6) is 0. The molecule has 9 heteroatoms. The van der Waals surface area contributed by atoms with Crippen molar-refractivity contribution < 1.29 is 33.0 Å². The summed E-state index contributed by atoms with van der Waals surface area (Å²) in [6.45, 7) is -0.737. The first-order valence-electron chi connectivity index (χ1n) is 4.81. The molecule has 0 spiro atoms. The molecule has 0 unspecified atom stereocenters. The molecule has 2 amide bonds. The molecule has 6 nitrogen and oxygen atoms in total. The summed E-state index contributed by atoms with van der Waals surface area (Å²) in [6, 6.07) is 2.40. The van der Waals surface area contributed by atoms with E-state index >= 15 is 0 Å². The fraction of sp³-hybridized carbons (Fsp3) is 0.200. The van der Waals surface area contributed by atoms with Gasteiger partial charge in [0.25, 0.3) is 0 Å². The normalized spacial score (nSPS) is 11.1. The van der Waals surface area contributed by atoms with Crippen molar-refractivity contribution in [2.45, 2.75) is 12.7 Å². The van der Waals surface area contributed by atoms with Gasteiger partial charge in [0.1, 0.15) is 0 Å². The number of rotatable bonds is 2. The third-order valence-electron chi connectivity index (χ3n) is 2.14. The summed E-state index contributed by atoms with van der Waals surface area (Å²) < 4.78 is 37.5. The van der Waals surface area contributed by atoms with Gasteiger partial charge in [0.05, 0.1) is 12.1 Å². The van der Waals surface area contributed by atoms with Crippen molar-refractivity contribution in [2.75, 3.05) is 5.73 Å². The molecule has 0 saturated carbocycles. The molecule has 4 N–H and O–H groups in total. The van der Waals surface area contributed by atoms with Crippen LogP contribution in [0.4, 0.5) is 28.4 Å². The van der Waals surface area contributed by atoms with Crippen molar-refractivity contribution >= 4 is 17.9 Å². The molecule has 0 saturated heterocycles. The molecule has 0 radical (unpaired) electrons. The van der Waals surface area contributed by atoms with Crippen LogP contribution < -0.4 is 5.73 Å². The van der Waals surface area contributed by atoms with Crippen LogP contribution in [0.5, 0.6) is 0 Å². The van der Waals surface area contributed by atoms with E-state index < -0.39 is 30.5 Å². The number of halogens is 3. The molecule has 0 atom stereocenters. The molecule has 0 aliphatic heterocycles. The van der Waals surface area contributed by atoms with Crippen molar-refractivity contribution in [1.29, 1.82) is 0 Å². The lowest BCUT2D eigenvalue weighted by molar-refractivity contribution is -0.137. The first-order chi connectivity index (χ1) is 8.61. The maximum atomic E-state index is 12.5. The third kappa shape index (κ3) is 3.76. The summed E-state index contributed by atoms with van der Waals surface area (Å²) in [5.41, 5.74) is 3.79. The minimum atomic E-state index is -4.65. The minimum absolute atomic E-state index is 0.0467. The molecule has 1 rings (SSSR count). The third-order valence-corrected chi connectivity index (χ3v) is 2.14. The van der Waals surface area contributed by atoms with Crippen molar-refractivity contribution in [2.24, 2.45) is 0 Å². The van der Waals surface area contributed by atoms with Gasteiger partial charge in [0.15, 0.2) is 0 Å². The number of benzene rings is 1. The van der Waals surface area contributed by atoms with Crippen molar-refractivity contribution in [3.63, 3.8) is 0 Å². The summed E-state index contributed by atoms with van der Waals surface area (Å²) in [4.78, 5) is 21.2. The summed E-state index contributed by atoms with van der Waals surface area (Å²) >= 11 is 0. The molecular weight excluding hydrogens is 269 g/mol. The second-order valence-corrected chi connectivity index (χ2v) is 3.61. The Labute approximate surface area is 104 Å². The van der Waals surface area contributed by atoms with Crippen LogP contribution in [0.1, 0.15) is 11.1 Å². The van der Waals surface area contributed by atoms with E-state index in [-0.39, 0.29) is 16.2 Å². The number of amides is 2. The van der Waals surface area contributed by atoms with Crippen LogP contribution in [0.15, 0.2) is 18.2 Å². The molecule has 19 heavy (non-hydrogen) atoms. The Morgan fingerprint density at radius 2 is 1.68 bits per heavy atom. The van der Waals surface area contributed by atoms with Crippen molar-refractivity contribution in [3.8, 4) is 0 Å². The largest absolute Gasteiger partial charge is 0.465 e. The van der Waals surface area contributed by atoms with Crippen LogP contribution in [-0.4, -0.2) is 27.3 Å². The van der Waals surface area contributed by atoms with Crippen molar-refractivity contribution in [3.05, 3.63) is 29.3 Å². The zero-order valence-electron chi connectivity index (χ0n) is 9.31. The van der Waals surface area contributed by atoms with Gasteiger partial charge in [-0.25, -0.2) is 14.5 Å². The van der Waals surface area contributed by atoms with Gasteiger partial charge < -0.3 is 15.9 Å². The van der Waals surface area contributed by atoms with Crippen molar-refractivity contribution in [1.82, 2.24) is 4.90 Å². The van der Waals surface area contributed by atoms with E-state index in [0.717, 1.165) is 6.07 Å². The van der Waals surface area contributed by atoms with Crippen LogP contribution in [0.25, 0.3) is 0 Å². The average Bonchev–Trinajstić information content (AvgIpc) is 2.23. The van der Waals surface area contributed by atoms with E-state index in [1.54, 1.807) is 0 Å². The number of carboxylic acid groups (broad SMARTS) is 2. The Morgan fingerprint density at radius 1 is 1.16 bits per heavy atom. The predicted octanol–water partition coefficient (Wildman–Crippen LogP) is 2.45. The number of anilines is 1. The van der Waals surface area contributed by atoms with Crippen LogP contribution in [-0.2, 0) is 12.7 Å². The second kappa shape index (κ2) is 5.04. The van der Waals surface area contributed by atoms with Gasteiger partial charge in [-0.2, -0.15) is 13.2 Å². The minimum Gasteiger partial charge on any atom is -0.465 e. The highest BCUT2D eigenvalue weighted by molar-refractivity contribution is 5.85. The summed E-state index contributed by atoms with van der Waals surface area (Å²) in [7, 11) is 0. The maximum Gasteiger partial charge on any atom is 0.417 e. The van der Waals surface area contributed by atoms with Crippen LogP contribution in [0.3, 0.4) is 0 Å². The number of hydrogen-bond donors (Lipinski definition) is 3. The molecule has 0 heterocycles. The Bertz CT molecular complexity index is 502. The highest BCUT2D eigenvalue weighted by Gasteiger charge is 2.31. The SMILES string of the molecule is Nc1cc(CN(C(=O)O)C(=O)O)cc(C(F)(F)F)c1. The Morgan fingerprint density at radius 3 is 2.11 bits per heavy atom. The molecule has 0 bridgehead atoms. The number of nitrogens with zero attached hydrogens (tertiary/aromatic N) is 1. The average molecular weight is 278 g/mol. The van der Waals surface area contributed by atoms with Crippen LogP contribution in [0, 0.1) is 0 Å². The predicted molar refractivity (Wildman–Crippen MR) is 57.4 cm³/mol. The topological polar surface area (TPSA) is 104 Å². The standard InChI is InChI=1S/C10H9F3N2O4/c11-10(12,13)6-1-5(2-7(14)3-6)4-15(8(16)17)9(18)19/h1-3H,4,14H2,(H,16,17)(H,18,19). The Kier molecular flexibility index (Phi) is 3.88. The van der Waals surface area contributed by atoms with E-state index in [1.165, 1.54) is 0 Å². The van der Waals surface area contributed by atoms with E-state index in [0.29, 0.717) is 12.1 Å². The van der Waals surface area contributed by atoms with Gasteiger partial charge in [0.2, 0.25) is 0 Å². The van der Waals surface area contributed by atoms with Gasteiger partial charge in [-0.05, 0) is 23.8 Å². The molecule has 1 aromatic rings. The van der Waals surface area contributed by atoms with Gasteiger partial charge in [-0.3, -0.25) is 0 Å². The zero-order valence-corrected chi connectivity index (χ0v) is 9.31. The van der Waals surface area contributed by atoms with Gasteiger partial charge in [-0.15, -0.1) is 0 Å². The number of nitrogens with two attached hydrogens (primary N) is 1. The van der Waals surface area contributed by atoms with E-state index in [2.05, 4.69) is 0 Å². The van der Waals surface area contributed by atoms with Gasteiger partial charge in [-0.1, -0.05) is 0 Å². The van der Waals surface area contributed by atoms with Crippen LogP contribution in [0.2, 0.25) is 0 Å². The highest BCUT2D eigenvalue weighted by Crippen LogP contribution is 2.31. The molecule has 0 aromatic heterocycles. The molecule has 1 aromatic carbocycles. The fourth-order valence-electron chi connectivity index (χ4n) is 1.37. The number of alkyl halides is 3. The first kappa shape index (κ1) is 14.6. The molecule has 0 aliphatic rings. The van der Waals surface area contributed by atoms with Crippen LogP contribution >= 0.6 is 0 Å². The first-order valence-corrected chi connectivity index (χ1v) is 4.81. The quantitative estimate of drug-likeness (QED) is 0.721. The smallest absolute Gasteiger partial charge is 0.417 e. The maximum absolute atomic E-state index is 12.5. The highest BCUT2D eigenvalue weighted by atomic mass is 19.4. The van der Waals surface area contributed by atoms with E-state index in [1.807, 2.05) is 0 Å².